The summed E-state index contributed by atoms with van der Waals surface area (Å²) in [6.45, 7) is 4.03. The highest BCUT2D eigenvalue weighted by Crippen LogP contribution is 2.30. The Bertz CT molecular complexity index is 1410. The van der Waals surface area contributed by atoms with Crippen LogP contribution >= 0.6 is 11.6 Å². The summed E-state index contributed by atoms with van der Waals surface area (Å²) in [5, 5.41) is 4.54. The van der Waals surface area contributed by atoms with E-state index in [2.05, 4.69) is 14.8 Å². The molecule has 0 saturated carbocycles. The summed E-state index contributed by atoms with van der Waals surface area (Å²) in [5.41, 5.74) is 2.51. The van der Waals surface area contributed by atoms with Gasteiger partial charge in [0.1, 0.15) is 23.4 Å². The van der Waals surface area contributed by atoms with E-state index in [-0.39, 0.29) is 17.8 Å². The van der Waals surface area contributed by atoms with Gasteiger partial charge < -0.3 is 24.3 Å². The molecule has 1 N–H and O–H groups in total. The Balaban J connectivity index is 1.19. The zero-order valence-corrected chi connectivity index (χ0v) is 22.8. The lowest BCUT2D eigenvalue weighted by Gasteiger charge is -2.32. The number of aromatic nitrogens is 1. The molecule has 1 aliphatic heterocycles. The van der Waals surface area contributed by atoms with Crippen molar-refractivity contribution in [1.82, 2.24) is 14.8 Å². The standard InChI is InChI=1S/C31H33ClFN3O3/c1-38-29-8-3-7-27-28(31(37)34-20-22-5-2-6-23(32)19-22)21-36(30(27)29)16-4-15-35-17-13-26(14-18-35)39-25-11-9-24(33)10-12-25/h2-3,5-12,19,21,26H,4,13-18,20H2,1H3,(H,34,37). The van der Waals surface area contributed by atoms with E-state index >= 15 is 0 Å². The highest BCUT2D eigenvalue weighted by atomic mass is 35.5. The maximum atomic E-state index is 13.2. The molecule has 1 saturated heterocycles. The van der Waals surface area contributed by atoms with Crippen LogP contribution in [0.5, 0.6) is 11.5 Å². The molecule has 1 fully saturated rings. The maximum Gasteiger partial charge on any atom is 0.253 e. The Morgan fingerprint density at radius 2 is 1.82 bits per heavy atom. The summed E-state index contributed by atoms with van der Waals surface area (Å²) >= 11 is 6.09. The van der Waals surface area contributed by atoms with Gasteiger partial charge in [-0.1, -0.05) is 35.9 Å². The molecule has 0 bridgehead atoms. The van der Waals surface area contributed by atoms with Gasteiger partial charge in [0.25, 0.3) is 5.91 Å². The molecule has 0 unspecified atom stereocenters. The van der Waals surface area contributed by atoms with E-state index in [4.69, 9.17) is 21.1 Å². The minimum Gasteiger partial charge on any atom is -0.495 e. The van der Waals surface area contributed by atoms with Gasteiger partial charge in [0.2, 0.25) is 0 Å². The molecule has 39 heavy (non-hydrogen) atoms. The predicted molar refractivity (Wildman–Crippen MR) is 152 cm³/mol. The topological polar surface area (TPSA) is 55.7 Å². The minimum absolute atomic E-state index is 0.129. The van der Waals surface area contributed by atoms with Gasteiger partial charge in [-0.2, -0.15) is 0 Å². The molecule has 204 valence electrons. The van der Waals surface area contributed by atoms with Crippen LogP contribution in [0.4, 0.5) is 4.39 Å². The molecule has 0 radical (unpaired) electrons. The number of hydrogen-bond acceptors (Lipinski definition) is 4. The van der Waals surface area contributed by atoms with Gasteiger partial charge in [-0.3, -0.25) is 4.79 Å². The molecule has 0 atom stereocenters. The first kappa shape index (κ1) is 27.0. The molecule has 3 aromatic carbocycles. The number of carbonyl (C=O) groups excluding carboxylic acids is 1. The van der Waals surface area contributed by atoms with Crippen LogP contribution in [0.1, 0.15) is 35.2 Å². The molecular formula is C31H33ClFN3O3. The lowest BCUT2D eigenvalue weighted by Crippen LogP contribution is -2.38. The number of methoxy groups -OCH3 is 1. The van der Waals surface area contributed by atoms with E-state index in [0.717, 1.165) is 73.4 Å². The second-order valence-electron chi connectivity index (χ2n) is 9.87. The quantitative estimate of drug-likeness (QED) is 0.252. The lowest BCUT2D eigenvalue weighted by atomic mass is 10.1. The fraction of sp³-hybridized carbons (Fsp3) is 0.323. The molecule has 1 amide bonds. The van der Waals surface area contributed by atoms with Crippen LogP contribution in [0, 0.1) is 5.82 Å². The number of ether oxygens (including phenoxy) is 2. The van der Waals surface area contributed by atoms with Crippen LogP contribution in [0.15, 0.2) is 72.9 Å². The van der Waals surface area contributed by atoms with Gasteiger partial charge in [0.05, 0.1) is 18.2 Å². The zero-order valence-electron chi connectivity index (χ0n) is 22.0. The Hall–Kier alpha value is -3.55. The second-order valence-corrected chi connectivity index (χ2v) is 10.3. The number of benzene rings is 3. The zero-order chi connectivity index (χ0) is 27.2. The fourth-order valence-corrected chi connectivity index (χ4v) is 5.41. The van der Waals surface area contributed by atoms with Crippen LogP contribution < -0.4 is 14.8 Å². The van der Waals surface area contributed by atoms with E-state index < -0.39 is 0 Å². The molecule has 4 aromatic rings. The fourth-order valence-electron chi connectivity index (χ4n) is 5.19. The van der Waals surface area contributed by atoms with Gasteiger partial charge in [-0.15, -0.1) is 0 Å². The monoisotopic (exact) mass is 549 g/mol. The van der Waals surface area contributed by atoms with Crippen molar-refractivity contribution in [2.24, 2.45) is 0 Å². The second kappa shape index (κ2) is 12.5. The molecule has 0 aliphatic carbocycles. The molecule has 8 heteroatoms. The molecule has 1 aromatic heterocycles. The SMILES string of the molecule is COc1cccc2c(C(=O)NCc3cccc(Cl)c3)cn(CCCN3CCC(Oc4ccc(F)cc4)CC3)c12. The van der Waals surface area contributed by atoms with Crippen LogP contribution in [-0.4, -0.2) is 48.2 Å². The normalized spacial score (nSPS) is 14.4. The Kier molecular flexibility index (Phi) is 8.69. The number of para-hydroxylation sites is 1. The van der Waals surface area contributed by atoms with E-state index in [0.29, 0.717) is 17.1 Å². The first-order valence-corrected chi connectivity index (χ1v) is 13.7. The maximum absolute atomic E-state index is 13.2. The average molecular weight is 550 g/mol. The number of piperidine rings is 1. The van der Waals surface area contributed by atoms with Crippen LogP contribution in [0.3, 0.4) is 0 Å². The highest BCUT2D eigenvalue weighted by Gasteiger charge is 2.21. The number of hydrogen-bond donors (Lipinski definition) is 1. The van der Waals surface area contributed by atoms with Gasteiger partial charge in [-0.05, 0) is 73.8 Å². The Labute approximate surface area is 233 Å². The highest BCUT2D eigenvalue weighted by molar-refractivity contribution is 6.30. The Morgan fingerprint density at radius 1 is 1.05 bits per heavy atom. The molecule has 0 spiro atoms. The van der Waals surface area contributed by atoms with Crippen molar-refractivity contribution in [2.75, 3.05) is 26.7 Å². The molecule has 6 nitrogen and oxygen atoms in total. The third-order valence-electron chi connectivity index (χ3n) is 7.19. The minimum atomic E-state index is -0.254. The Morgan fingerprint density at radius 3 is 2.56 bits per heavy atom. The van der Waals surface area contributed by atoms with Crippen LogP contribution in [0.25, 0.3) is 10.9 Å². The van der Waals surface area contributed by atoms with Gasteiger partial charge in [-0.25, -0.2) is 4.39 Å². The third kappa shape index (κ3) is 6.72. The summed E-state index contributed by atoms with van der Waals surface area (Å²) in [6.07, 6.45) is 4.90. The molecule has 2 heterocycles. The number of nitrogens with zero attached hydrogens (tertiary/aromatic N) is 2. The number of rotatable bonds is 10. The van der Waals surface area contributed by atoms with E-state index in [1.807, 2.05) is 48.7 Å². The number of carbonyl (C=O) groups is 1. The van der Waals surface area contributed by atoms with Crippen molar-refractivity contribution >= 4 is 28.4 Å². The molecule has 1 aliphatic rings. The van der Waals surface area contributed by atoms with Gasteiger partial charge in [0, 0.05) is 42.8 Å². The van der Waals surface area contributed by atoms with Crippen LogP contribution in [0.2, 0.25) is 5.02 Å². The van der Waals surface area contributed by atoms with Gasteiger partial charge in [0.15, 0.2) is 0 Å². The molecule has 5 rings (SSSR count). The first-order valence-electron chi connectivity index (χ1n) is 13.3. The van der Waals surface area contributed by atoms with Crippen molar-refractivity contribution < 1.29 is 18.7 Å². The van der Waals surface area contributed by atoms with Crippen LogP contribution in [-0.2, 0) is 13.1 Å². The van der Waals surface area contributed by atoms with Crippen molar-refractivity contribution in [3.8, 4) is 11.5 Å². The van der Waals surface area contributed by atoms with E-state index in [1.165, 1.54) is 12.1 Å². The van der Waals surface area contributed by atoms with Crippen molar-refractivity contribution in [3.63, 3.8) is 0 Å². The first-order chi connectivity index (χ1) is 19.0. The van der Waals surface area contributed by atoms with E-state index in [9.17, 15) is 9.18 Å². The van der Waals surface area contributed by atoms with Crippen molar-refractivity contribution in [3.05, 3.63) is 94.9 Å². The summed E-state index contributed by atoms with van der Waals surface area (Å²) < 4.78 is 27.0. The van der Waals surface area contributed by atoms with Crippen molar-refractivity contribution in [2.45, 2.75) is 38.5 Å². The van der Waals surface area contributed by atoms with E-state index in [1.54, 1.807) is 19.2 Å². The number of amides is 1. The number of likely N-dealkylation sites (tertiary alicyclic amines) is 1. The summed E-state index contributed by atoms with van der Waals surface area (Å²) in [5.74, 6) is 1.08. The average Bonchev–Trinajstić information content (AvgIpc) is 3.33. The summed E-state index contributed by atoms with van der Waals surface area (Å²) in [6, 6.07) is 19.5. The number of aryl methyl sites for hydroxylation is 1. The predicted octanol–water partition coefficient (Wildman–Crippen LogP) is 6.31. The summed E-state index contributed by atoms with van der Waals surface area (Å²) in [7, 11) is 1.66. The smallest absolute Gasteiger partial charge is 0.253 e. The number of halogens is 2. The largest absolute Gasteiger partial charge is 0.495 e. The van der Waals surface area contributed by atoms with Gasteiger partial charge >= 0.3 is 0 Å². The number of fused-ring (bicyclic) bond motifs is 1. The lowest BCUT2D eigenvalue weighted by molar-refractivity contribution is 0.0952. The third-order valence-corrected chi connectivity index (χ3v) is 7.43. The molecular weight excluding hydrogens is 517 g/mol. The summed E-state index contributed by atoms with van der Waals surface area (Å²) in [4.78, 5) is 15.6. The van der Waals surface area contributed by atoms with Crippen molar-refractivity contribution in [1.29, 1.82) is 0 Å². The number of nitrogens with one attached hydrogen (secondary N) is 1.